The third-order valence-corrected chi connectivity index (χ3v) is 12.4. The van der Waals surface area contributed by atoms with Gasteiger partial charge in [-0.05, 0) is 78.5 Å². The summed E-state index contributed by atoms with van der Waals surface area (Å²) in [5.74, 6) is -0.0774. The van der Waals surface area contributed by atoms with Crippen LogP contribution in [0.2, 0.25) is 0 Å². The molecule has 71 heavy (non-hydrogen) atoms. The molecule has 1 unspecified atom stereocenters. The van der Waals surface area contributed by atoms with E-state index in [0.29, 0.717) is 25.4 Å². The molecule has 418 valence electrons. The molecule has 0 saturated heterocycles. The number of carbonyl (C=O) groups is 5. The van der Waals surface area contributed by atoms with Gasteiger partial charge in [-0.3, -0.25) is 24.4 Å². The van der Waals surface area contributed by atoms with Crippen LogP contribution in [0, 0.1) is 22.2 Å². The van der Waals surface area contributed by atoms with Gasteiger partial charge in [0.05, 0.1) is 43.3 Å². The van der Waals surface area contributed by atoms with Crippen molar-refractivity contribution in [3.8, 4) is 0 Å². The minimum atomic E-state index is -3.88. The van der Waals surface area contributed by atoms with Crippen molar-refractivity contribution in [1.82, 2.24) is 26.0 Å². The Morgan fingerprint density at radius 2 is 1.07 bits per heavy atom. The largest absolute Gasteiger partial charge is 0.463 e. The maximum atomic E-state index is 11.8. The predicted octanol–water partition coefficient (Wildman–Crippen LogP) is 10.6. The Labute approximate surface area is 431 Å². The number of esters is 2. The minimum absolute atomic E-state index is 0.164. The molecule has 1 aromatic rings. The summed E-state index contributed by atoms with van der Waals surface area (Å²) in [5.41, 5.74) is -1.23. The molecule has 1 rings (SSSR count). The van der Waals surface area contributed by atoms with Crippen LogP contribution in [0.1, 0.15) is 186 Å². The van der Waals surface area contributed by atoms with Crippen LogP contribution in [-0.4, -0.2) is 99.2 Å². The van der Waals surface area contributed by atoms with Gasteiger partial charge in [0.25, 0.3) is 0 Å². The number of benzene rings is 1. The number of methoxy groups -OCH3 is 1. The van der Waals surface area contributed by atoms with Crippen molar-refractivity contribution in [3.63, 3.8) is 0 Å². The van der Waals surface area contributed by atoms with Gasteiger partial charge in [-0.1, -0.05) is 151 Å². The summed E-state index contributed by atoms with van der Waals surface area (Å²) in [7, 11) is 0.774. The Bertz CT molecular complexity index is 1550. The molecule has 19 heteroatoms. The number of hydrogen-bond donors (Lipinski definition) is 6. The molecule has 0 heterocycles. The molecule has 0 aliphatic heterocycles. The lowest BCUT2D eigenvalue weighted by molar-refractivity contribution is -0.298. The molecule has 0 bridgehead atoms. The molecule has 0 saturated carbocycles. The maximum absolute atomic E-state index is 11.8. The molecule has 0 fully saturated rings. The zero-order chi connectivity index (χ0) is 55.2. The van der Waals surface area contributed by atoms with E-state index in [4.69, 9.17) is 19.2 Å². The van der Waals surface area contributed by atoms with E-state index in [9.17, 15) is 32.4 Å². The zero-order valence-electron chi connectivity index (χ0n) is 47.1. The van der Waals surface area contributed by atoms with Crippen LogP contribution < -0.4 is 30.7 Å². The van der Waals surface area contributed by atoms with Crippen LogP contribution >= 0.6 is 0 Å². The Kier molecular flexibility index (Phi) is 47.1. The molecule has 18 nitrogen and oxygen atoms in total. The summed E-state index contributed by atoms with van der Waals surface area (Å²) >= 11 is 0. The van der Waals surface area contributed by atoms with E-state index < -0.39 is 38.5 Å². The van der Waals surface area contributed by atoms with Gasteiger partial charge in [0.1, 0.15) is 19.9 Å². The van der Waals surface area contributed by atoms with Gasteiger partial charge in [-0.2, -0.15) is 8.42 Å². The molecular weight excluding hydrogens is 933 g/mol. The quantitative estimate of drug-likeness (QED) is 0.00985. The third kappa shape index (κ3) is 44.2. The molecule has 0 aliphatic carbocycles. The smallest absolute Gasteiger partial charge is 0.406 e. The molecule has 0 aromatic heterocycles. The van der Waals surface area contributed by atoms with Crippen LogP contribution in [0.25, 0.3) is 0 Å². The molecule has 4 amide bonds. The highest BCUT2D eigenvalue weighted by atomic mass is 32.2. The summed E-state index contributed by atoms with van der Waals surface area (Å²) < 4.78 is 42.1. The van der Waals surface area contributed by atoms with Gasteiger partial charge < -0.3 is 30.2 Å². The number of ether oxygens (including phenoxy) is 3. The number of nitrogens with one attached hydrogen (secondary N) is 6. The van der Waals surface area contributed by atoms with Crippen molar-refractivity contribution in [2.75, 3.05) is 65.6 Å². The summed E-state index contributed by atoms with van der Waals surface area (Å²) in [6.07, 6.45) is 17.9. The fourth-order valence-corrected chi connectivity index (χ4v) is 6.00. The van der Waals surface area contributed by atoms with E-state index in [0.717, 1.165) is 31.8 Å². The van der Waals surface area contributed by atoms with E-state index in [-0.39, 0.29) is 37.7 Å². The Balaban J connectivity index is -0.000000420. The Hall–Kier alpha value is -4.20. The van der Waals surface area contributed by atoms with Crippen LogP contribution in [0.3, 0.4) is 0 Å². The van der Waals surface area contributed by atoms with Crippen molar-refractivity contribution in [1.29, 1.82) is 0 Å². The molecule has 0 radical (unpaired) electrons. The summed E-state index contributed by atoms with van der Waals surface area (Å²) in [5, 5.41) is 10.2. The number of amides is 4. The SMILES string of the molecule is CC.CCC(C)(C)C(=O)NS(=O)(=O)Nc1ccccc1.CCC(C)(C)C(=O)OCCNC(=O)NC.CCC(C)(C)C(=O)OCCNC(=O)OC.CCC(C)CCCCCCCCCCCCOOCNC. The fourth-order valence-electron chi connectivity index (χ4n) is 4.98. The first-order valence-corrected chi connectivity index (χ1v) is 27.3. The van der Waals surface area contributed by atoms with E-state index in [2.05, 4.69) is 44.6 Å². The van der Waals surface area contributed by atoms with Crippen LogP contribution in [0.4, 0.5) is 15.3 Å². The summed E-state index contributed by atoms with van der Waals surface area (Å²) in [6.45, 7) is 27.2. The van der Waals surface area contributed by atoms with Gasteiger partial charge in [-0.15, -0.1) is 0 Å². The molecular formula is C52H102N6O12S. The summed E-state index contributed by atoms with van der Waals surface area (Å²) in [4.78, 5) is 66.0. The first-order valence-electron chi connectivity index (χ1n) is 25.9. The molecule has 1 atom stereocenters. The zero-order valence-corrected chi connectivity index (χ0v) is 47.9. The first-order chi connectivity index (χ1) is 33.4. The number of rotatable bonds is 32. The van der Waals surface area contributed by atoms with Gasteiger partial charge in [0.2, 0.25) is 5.91 Å². The average Bonchev–Trinajstić information content (AvgIpc) is 3.35. The lowest BCUT2D eigenvalue weighted by Crippen LogP contribution is -2.42. The van der Waals surface area contributed by atoms with Gasteiger partial charge in [0, 0.05) is 12.5 Å². The second-order valence-corrected chi connectivity index (χ2v) is 20.0. The predicted molar refractivity (Wildman–Crippen MR) is 287 cm³/mol. The van der Waals surface area contributed by atoms with Crippen molar-refractivity contribution in [2.24, 2.45) is 22.2 Å². The highest BCUT2D eigenvalue weighted by Gasteiger charge is 2.29. The number of hydrogen-bond acceptors (Lipinski definition) is 13. The average molecular weight is 1040 g/mol. The van der Waals surface area contributed by atoms with Gasteiger partial charge in [0.15, 0.2) is 0 Å². The van der Waals surface area contributed by atoms with E-state index in [1.807, 2.05) is 74.1 Å². The molecule has 6 N–H and O–H groups in total. The second kappa shape index (κ2) is 45.6. The van der Waals surface area contributed by atoms with Crippen molar-refractivity contribution >= 4 is 45.9 Å². The van der Waals surface area contributed by atoms with E-state index in [1.54, 1.807) is 44.2 Å². The number of anilines is 1. The highest BCUT2D eigenvalue weighted by Crippen LogP contribution is 2.23. The number of urea groups is 1. The van der Waals surface area contributed by atoms with Crippen LogP contribution in [0.5, 0.6) is 0 Å². The number of unbranched alkanes of at least 4 members (excludes halogenated alkanes) is 9. The third-order valence-electron chi connectivity index (χ3n) is 11.4. The summed E-state index contributed by atoms with van der Waals surface area (Å²) in [6, 6.07) is 8.12. The fraction of sp³-hybridized carbons (Fsp3) is 0.788. The van der Waals surface area contributed by atoms with Crippen molar-refractivity contribution < 1.29 is 56.4 Å². The van der Waals surface area contributed by atoms with Gasteiger partial charge in [-0.25, -0.2) is 24.1 Å². The lowest BCUT2D eigenvalue weighted by Gasteiger charge is -2.21. The standard InChI is InChI=1S/C18H39NO2.C12H18N2O3S.C10H20N2O3.C10H19NO4.C2H6/c1-4-18(2)15-13-11-9-7-5-6-8-10-12-14-16-20-21-17-19-3;1-4-12(2,3)11(15)14-18(16,17)13-10-8-6-5-7-9-10;1-5-10(2,3)8(13)15-7-6-12-9(14)11-4;1-5-10(2,3)8(12)15-7-6-11-9(13)14-4;1-2/h18-19H,4-17H2,1-3H3;5-9,13H,4H2,1-3H3,(H,14,15);5-7H2,1-4H3,(H2,11,12,14);5-7H2,1-4H3,(H,11,13);1-2H3. The van der Waals surface area contributed by atoms with Crippen molar-refractivity contribution in [2.45, 2.75) is 186 Å². The molecule has 1 aromatic carbocycles. The molecule has 0 aliphatic rings. The normalized spacial score (nSPS) is 11.4. The first kappa shape index (κ1) is 73.3. The topological polar surface area (TPSA) is 238 Å². The highest BCUT2D eigenvalue weighted by molar-refractivity contribution is 7.91. The molecule has 0 spiro atoms. The Morgan fingerprint density at radius 3 is 1.49 bits per heavy atom. The van der Waals surface area contributed by atoms with Crippen LogP contribution in [-0.2, 0) is 48.6 Å². The minimum Gasteiger partial charge on any atom is -0.463 e. The van der Waals surface area contributed by atoms with Gasteiger partial charge >= 0.3 is 34.3 Å². The number of para-hydroxylation sites is 1. The van der Waals surface area contributed by atoms with Crippen LogP contribution in [0.15, 0.2) is 30.3 Å². The van der Waals surface area contributed by atoms with Crippen molar-refractivity contribution in [3.05, 3.63) is 30.3 Å². The monoisotopic (exact) mass is 1030 g/mol. The second-order valence-electron chi connectivity index (χ2n) is 18.6. The maximum Gasteiger partial charge on any atom is 0.406 e. The number of alkyl carbamates (subject to hydrolysis) is 1. The Morgan fingerprint density at radius 1 is 0.620 bits per heavy atom. The number of carbonyl (C=O) groups excluding carboxylic acids is 5. The lowest BCUT2D eigenvalue weighted by atomic mass is 9.90. The van der Waals surface area contributed by atoms with E-state index in [1.165, 1.54) is 84.8 Å². The van der Waals surface area contributed by atoms with E-state index >= 15 is 0 Å².